The molecule has 1 fully saturated rings. The second-order valence-electron chi connectivity index (χ2n) is 7.02. The lowest BCUT2D eigenvalue weighted by atomic mass is 10.1. The normalized spacial score (nSPS) is 16.3. The number of H-pyrrole nitrogens is 1. The van der Waals surface area contributed by atoms with E-state index in [9.17, 15) is 14.4 Å². The van der Waals surface area contributed by atoms with Crippen molar-refractivity contribution < 1.29 is 14.0 Å². The molecule has 150 valence electrons. The molecule has 0 bridgehead atoms. The number of amides is 2. The van der Waals surface area contributed by atoms with Gasteiger partial charge in [-0.3, -0.25) is 14.4 Å². The fourth-order valence-electron chi connectivity index (χ4n) is 3.76. The van der Waals surface area contributed by atoms with Crippen LogP contribution in [-0.2, 0) is 11.3 Å². The molecule has 3 heterocycles. The molecule has 0 spiro atoms. The maximum Gasteiger partial charge on any atom is 0.290 e. The zero-order valence-electron chi connectivity index (χ0n) is 16.1. The Morgan fingerprint density at radius 1 is 1.28 bits per heavy atom. The summed E-state index contributed by atoms with van der Waals surface area (Å²) in [5.74, 6) is 0.221. The van der Waals surface area contributed by atoms with Crippen molar-refractivity contribution in [3.05, 3.63) is 64.6 Å². The molecule has 1 unspecified atom stereocenters. The highest BCUT2D eigenvalue weighted by Crippen LogP contribution is 2.23. The molecule has 1 aliphatic heterocycles. The predicted octanol–water partition coefficient (Wildman–Crippen LogP) is 2.17. The molecular formula is C21H22N4O4. The molecule has 0 saturated carbocycles. The average molecular weight is 394 g/mol. The third-order valence-electron chi connectivity index (χ3n) is 5.23. The second-order valence-corrected chi connectivity index (χ2v) is 7.02. The Labute approximate surface area is 167 Å². The Kier molecular flexibility index (Phi) is 5.16. The lowest BCUT2D eigenvalue weighted by Gasteiger charge is -2.29. The van der Waals surface area contributed by atoms with E-state index in [1.165, 1.54) is 6.26 Å². The number of para-hydroxylation sites is 1. The van der Waals surface area contributed by atoms with Gasteiger partial charge in [-0.25, -0.2) is 4.98 Å². The molecule has 3 aromatic rings. The van der Waals surface area contributed by atoms with Crippen molar-refractivity contribution in [1.82, 2.24) is 19.8 Å². The van der Waals surface area contributed by atoms with Crippen molar-refractivity contribution in [2.45, 2.75) is 32.4 Å². The number of likely N-dealkylation sites (tertiary alicyclic amines) is 1. The molecule has 0 radical (unpaired) electrons. The Bertz CT molecular complexity index is 1090. The summed E-state index contributed by atoms with van der Waals surface area (Å²) in [6, 6.07) is 9.80. The standard InChI is InChI=1S/C21H22N4O4/c1-2-24(13-18-22-15-8-4-3-7-14(15)19(26)23-18)20(27)16-9-5-11-25(16)21(28)17-10-6-12-29-17/h3-4,6-8,10,12,16H,2,5,9,11,13H2,1H3,(H,22,23,26). The summed E-state index contributed by atoms with van der Waals surface area (Å²) in [5, 5.41) is 0.511. The van der Waals surface area contributed by atoms with Crippen molar-refractivity contribution >= 4 is 22.7 Å². The number of hydrogen-bond acceptors (Lipinski definition) is 5. The number of aromatic amines is 1. The molecular weight excluding hydrogens is 372 g/mol. The van der Waals surface area contributed by atoms with Gasteiger partial charge in [0.1, 0.15) is 11.9 Å². The van der Waals surface area contributed by atoms with Crippen LogP contribution in [0.15, 0.2) is 51.9 Å². The minimum Gasteiger partial charge on any atom is -0.459 e. The Hall–Kier alpha value is -3.42. The minimum absolute atomic E-state index is 0.152. The van der Waals surface area contributed by atoms with Crippen LogP contribution in [0.3, 0.4) is 0 Å². The van der Waals surface area contributed by atoms with Crippen molar-refractivity contribution in [1.29, 1.82) is 0 Å². The average Bonchev–Trinajstić information content (AvgIpc) is 3.43. The van der Waals surface area contributed by atoms with E-state index in [0.29, 0.717) is 36.2 Å². The van der Waals surface area contributed by atoms with Crippen LogP contribution in [0.25, 0.3) is 10.9 Å². The van der Waals surface area contributed by atoms with E-state index in [1.807, 2.05) is 13.0 Å². The number of carbonyl (C=O) groups is 2. The SMILES string of the molecule is CCN(Cc1nc2ccccc2c(=O)[nH]1)C(=O)C1CCCN1C(=O)c1ccco1. The summed E-state index contributed by atoms with van der Waals surface area (Å²) < 4.78 is 5.21. The van der Waals surface area contributed by atoms with Crippen molar-refractivity contribution in [3.8, 4) is 0 Å². The van der Waals surface area contributed by atoms with Crippen LogP contribution in [0.2, 0.25) is 0 Å². The summed E-state index contributed by atoms with van der Waals surface area (Å²) in [6.45, 7) is 2.99. The van der Waals surface area contributed by atoms with Crippen molar-refractivity contribution in [3.63, 3.8) is 0 Å². The fourth-order valence-corrected chi connectivity index (χ4v) is 3.76. The van der Waals surface area contributed by atoms with Crippen LogP contribution < -0.4 is 5.56 Å². The smallest absolute Gasteiger partial charge is 0.290 e. The molecule has 1 saturated heterocycles. The maximum atomic E-state index is 13.2. The van der Waals surface area contributed by atoms with E-state index in [-0.39, 0.29) is 29.7 Å². The summed E-state index contributed by atoms with van der Waals surface area (Å²) in [4.78, 5) is 48.6. The van der Waals surface area contributed by atoms with Gasteiger partial charge in [0, 0.05) is 13.1 Å². The molecule has 1 aromatic carbocycles. The largest absolute Gasteiger partial charge is 0.459 e. The topological polar surface area (TPSA) is 99.5 Å². The van der Waals surface area contributed by atoms with Crippen LogP contribution >= 0.6 is 0 Å². The summed E-state index contributed by atoms with van der Waals surface area (Å²) in [7, 11) is 0. The highest BCUT2D eigenvalue weighted by molar-refractivity contribution is 5.96. The monoisotopic (exact) mass is 394 g/mol. The lowest BCUT2D eigenvalue weighted by molar-refractivity contribution is -0.135. The number of nitrogens with one attached hydrogen (secondary N) is 1. The van der Waals surface area contributed by atoms with E-state index in [0.717, 1.165) is 6.42 Å². The number of carbonyl (C=O) groups excluding carboxylic acids is 2. The van der Waals surface area contributed by atoms with E-state index in [1.54, 1.807) is 40.1 Å². The van der Waals surface area contributed by atoms with Gasteiger partial charge in [0.05, 0.1) is 23.7 Å². The number of likely N-dealkylation sites (N-methyl/N-ethyl adjacent to an activating group) is 1. The van der Waals surface area contributed by atoms with Crippen LogP contribution in [-0.4, -0.2) is 50.7 Å². The molecule has 1 atom stereocenters. The van der Waals surface area contributed by atoms with Crippen LogP contribution in [0.1, 0.15) is 36.1 Å². The Morgan fingerprint density at radius 2 is 2.10 bits per heavy atom. The first-order valence-electron chi connectivity index (χ1n) is 9.69. The van der Waals surface area contributed by atoms with Gasteiger partial charge < -0.3 is 19.2 Å². The molecule has 8 nitrogen and oxygen atoms in total. The number of rotatable bonds is 5. The molecule has 2 aromatic heterocycles. The molecule has 1 N–H and O–H groups in total. The van der Waals surface area contributed by atoms with E-state index in [2.05, 4.69) is 9.97 Å². The minimum atomic E-state index is -0.542. The predicted molar refractivity (Wildman–Crippen MR) is 106 cm³/mol. The Balaban J connectivity index is 1.55. The maximum absolute atomic E-state index is 13.2. The van der Waals surface area contributed by atoms with Crippen LogP contribution in [0.5, 0.6) is 0 Å². The molecule has 1 aliphatic rings. The number of fused-ring (bicyclic) bond motifs is 1. The second kappa shape index (κ2) is 7.90. The Morgan fingerprint density at radius 3 is 2.86 bits per heavy atom. The van der Waals surface area contributed by atoms with Crippen molar-refractivity contribution in [2.75, 3.05) is 13.1 Å². The quantitative estimate of drug-likeness (QED) is 0.715. The third-order valence-corrected chi connectivity index (χ3v) is 5.23. The molecule has 4 rings (SSSR count). The zero-order chi connectivity index (χ0) is 20.4. The third kappa shape index (κ3) is 3.65. The van der Waals surface area contributed by atoms with Gasteiger partial charge in [-0.2, -0.15) is 0 Å². The molecule has 8 heteroatoms. The number of benzene rings is 1. The molecule has 29 heavy (non-hydrogen) atoms. The van der Waals surface area contributed by atoms with Gasteiger partial charge in [0.15, 0.2) is 5.76 Å². The number of hydrogen-bond donors (Lipinski definition) is 1. The fraction of sp³-hybridized carbons (Fsp3) is 0.333. The first kappa shape index (κ1) is 18.9. The van der Waals surface area contributed by atoms with E-state index in [4.69, 9.17) is 4.42 Å². The van der Waals surface area contributed by atoms with Gasteiger partial charge >= 0.3 is 0 Å². The lowest BCUT2D eigenvalue weighted by Crippen LogP contribution is -2.47. The zero-order valence-corrected chi connectivity index (χ0v) is 16.1. The van der Waals surface area contributed by atoms with E-state index < -0.39 is 6.04 Å². The summed E-state index contributed by atoms with van der Waals surface area (Å²) in [6.07, 6.45) is 2.80. The van der Waals surface area contributed by atoms with Crippen LogP contribution in [0, 0.1) is 0 Å². The van der Waals surface area contributed by atoms with E-state index >= 15 is 0 Å². The first-order valence-corrected chi connectivity index (χ1v) is 9.69. The number of nitrogens with zero attached hydrogens (tertiary/aromatic N) is 3. The van der Waals surface area contributed by atoms with Gasteiger partial charge in [-0.05, 0) is 44.0 Å². The van der Waals surface area contributed by atoms with Crippen molar-refractivity contribution in [2.24, 2.45) is 0 Å². The van der Waals surface area contributed by atoms with Gasteiger partial charge in [0.2, 0.25) is 5.91 Å². The summed E-state index contributed by atoms with van der Waals surface area (Å²) >= 11 is 0. The van der Waals surface area contributed by atoms with Gasteiger partial charge in [0.25, 0.3) is 11.5 Å². The summed E-state index contributed by atoms with van der Waals surface area (Å²) in [5.41, 5.74) is 0.356. The first-order chi connectivity index (χ1) is 14.1. The number of aromatic nitrogens is 2. The van der Waals surface area contributed by atoms with Gasteiger partial charge in [-0.15, -0.1) is 0 Å². The molecule has 2 amide bonds. The van der Waals surface area contributed by atoms with Crippen LogP contribution in [0.4, 0.5) is 0 Å². The molecule has 0 aliphatic carbocycles. The highest BCUT2D eigenvalue weighted by Gasteiger charge is 2.37. The van der Waals surface area contributed by atoms with Gasteiger partial charge in [-0.1, -0.05) is 12.1 Å². The number of furan rings is 1. The highest BCUT2D eigenvalue weighted by atomic mass is 16.3.